The summed E-state index contributed by atoms with van der Waals surface area (Å²) in [6.07, 6.45) is 0. The molecular weight excluding hydrogens is 747 g/mol. The maximum atomic E-state index is 7.30. The molecule has 0 fully saturated rings. The number of ether oxygens (including phenoxy) is 1. The smallest absolute Gasteiger partial charge is 0.167 e. The van der Waals surface area contributed by atoms with Crippen molar-refractivity contribution in [2.45, 2.75) is 38.5 Å². The number of hydrogen-bond donors (Lipinski definition) is 0. The van der Waals surface area contributed by atoms with Gasteiger partial charge in [0.25, 0.3) is 0 Å². The molecule has 61 heavy (non-hydrogen) atoms. The molecule has 0 bridgehead atoms. The first-order valence-electron chi connectivity index (χ1n) is 20.7. The van der Waals surface area contributed by atoms with Gasteiger partial charge in [0.05, 0.1) is 28.3 Å². The fourth-order valence-corrected chi connectivity index (χ4v) is 8.44. The number of aromatic nitrogens is 5. The molecule has 0 spiro atoms. The lowest BCUT2D eigenvalue weighted by molar-refractivity contribution is 0.420. The maximum Gasteiger partial charge on any atom is 0.167 e. The van der Waals surface area contributed by atoms with Gasteiger partial charge in [0.15, 0.2) is 17.5 Å². The molecule has 0 amide bonds. The standard InChI is InChI=1S/C55H43N5O/c1-54(2)43-30-17-28-40(41-34-35-46(37-22-11-6-12-23-37)57-50(41)55(3,4)47-33-19-32-45(56-47)36-20-9-5-10-21-36)48(43)61-49-42(29-18-31-44(49)54)53-59-51(38-24-13-7-14-25-38)58-52(60-53)39-26-15-8-16-27-39/h5-35H,1-4H3. The highest BCUT2D eigenvalue weighted by Gasteiger charge is 2.39. The average molecular weight is 790 g/mol. The molecule has 0 radical (unpaired) electrons. The van der Waals surface area contributed by atoms with E-state index < -0.39 is 10.8 Å². The molecule has 3 aromatic heterocycles. The fraction of sp³-hybridized carbons (Fsp3) is 0.109. The molecular formula is C55H43N5O. The van der Waals surface area contributed by atoms with Crippen LogP contribution >= 0.6 is 0 Å². The SMILES string of the molecule is CC1(C)c2cccc(-c3nc(-c4ccccc4)nc(-c4ccccc4)n3)c2Oc2c(-c3ccc(-c4ccccc4)nc3C(C)(C)c3cccc(-c4ccccc4)n3)cccc21. The minimum atomic E-state index is -0.618. The van der Waals surface area contributed by atoms with Crippen molar-refractivity contribution in [3.63, 3.8) is 0 Å². The summed E-state index contributed by atoms with van der Waals surface area (Å²) < 4.78 is 7.30. The molecule has 4 heterocycles. The van der Waals surface area contributed by atoms with Crippen LogP contribution in [0.25, 0.3) is 67.8 Å². The molecule has 1 aliphatic rings. The summed E-state index contributed by atoms with van der Waals surface area (Å²) in [5.41, 5.74) is 11.4. The summed E-state index contributed by atoms with van der Waals surface area (Å²) in [7, 11) is 0. The number of fused-ring (bicyclic) bond motifs is 2. The fourth-order valence-electron chi connectivity index (χ4n) is 8.44. The minimum absolute atomic E-state index is 0.439. The van der Waals surface area contributed by atoms with Gasteiger partial charge in [-0.25, -0.2) is 15.0 Å². The van der Waals surface area contributed by atoms with Crippen molar-refractivity contribution in [1.29, 1.82) is 0 Å². The van der Waals surface area contributed by atoms with E-state index in [1.807, 2.05) is 84.9 Å². The quantitative estimate of drug-likeness (QED) is 0.153. The second-order valence-electron chi connectivity index (χ2n) is 16.5. The second-order valence-corrected chi connectivity index (χ2v) is 16.5. The van der Waals surface area contributed by atoms with Gasteiger partial charge in [-0.15, -0.1) is 0 Å². The molecule has 0 N–H and O–H groups in total. The molecule has 0 unspecified atom stereocenters. The van der Waals surface area contributed by atoms with E-state index in [9.17, 15) is 0 Å². The zero-order chi connectivity index (χ0) is 41.6. The predicted molar refractivity (Wildman–Crippen MR) is 245 cm³/mol. The van der Waals surface area contributed by atoms with Crippen LogP contribution in [0, 0.1) is 0 Å². The molecule has 6 heteroatoms. The minimum Gasteiger partial charge on any atom is -0.455 e. The maximum absolute atomic E-state index is 7.30. The van der Waals surface area contributed by atoms with Gasteiger partial charge in [-0.2, -0.15) is 0 Å². The van der Waals surface area contributed by atoms with Crippen molar-refractivity contribution < 1.29 is 4.74 Å². The third-order valence-electron chi connectivity index (χ3n) is 11.8. The normalized spacial score (nSPS) is 12.9. The zero-order valence-electron chi connectivity index (χ0n) is 34.5. The Hall–Kier alpha value is -7.57. The first-order chi connectivity index (χ1) is 29.8. The van der Waals surface area contributed by atoms with E-state index >= 15 is 0 Å². The molecule has 0 saturated carbocycles. The van der Waals surface area contributed by atoms with Crippen molar-refractivity contribution in [1.82, 2.24) is 24.9 Å². The van der Waals surface area contributed by atoms with Crippen LogP contribution in [0.1, 0.15) is 50.2 Å². The van der Waals surface area contributed by atoms with E-state index in [1.165, 1.54) is 0 Å². The first kappa shape index (κ1) is 37.7. The van der Waals surface area contributed by atoms with Crippen LogP contribution in [0.2, 0.25) is 0 Å². The Kier molecular flexibility index (Phi) is 9.41. The Bertz CT molecular complexity index is 2980. The molecule has 6 nitrogen and oxygen atoms in total. The van der Waals surface area contributed by atoms with Crippen molar-refractivity contribution >= 4 is 0 Å². The first-order valence-corrected chi connectivity index (χ1v) is 20.7. The number of pyridine rings is 2. The molecule has 9 aromatic rings. The van der Waals surface area contributed by atoms with Crippen LogP contribution in [0.3, 0.4) is 0 Å². The highest BCUT2D eigenvalue weighted by Crippen LogP contribution is 2.54. The van der Waals surface area contributed by atoms with Gasteiger partial charge < -0.3 is 4.74 Å². The molecule has 1 aliphatic heterocycles. The van der Waals surface area contributed by atoms with Crippen molar-refractivity contribution in [3.05, 3.63) is 211 Å². The lowest BCUT2D eigenvalue weighted by atomic mass is 9.73. The Balaban J connectivity index is 1.15. The Labute approximate surface area is 356 Å². The van der Waals surface area contributed by atoms with Gasteiger partial charge in [0, 0.05) is 55.3 Å². The van der Waals surface area contributed by atoms with Crippen LogP contribution in [0.5, 0.6) is 11.5 Å². The molecule has 10 rings (SSSR count). The molecule has 0 aliphatic carbocycles. The number of para-hydroxylation sites is 2. The average Bonchev–Trinajstić information content (AvgIpc) is 3.32. The summed E-state index contributed by atoms with van der Waals surface area (Å²) in [5.74, 6) is 3.24. The molecule has 0 saturated heterocycles. The summed E-state index contributed by atoms with van der Waals surface area (Å²) in [6.45, 7) is 8.96. The third kappa shape index (κ3) is 6.86. The van der Waals surface area contributed by atoms with E-state index in [1.54, 1.807) is 0 Å². The van der Waals surface area contributed by atoms with Crippen LogP contribution in [-0.2, 0) is 10.8 Å². The highest BCUT2D eigenvalue weighted by molar-refractivity contribution is 5.82. The van der Waals surface area contributed by atoms with Gasteiger partial charge in [-0.3, -0.25) is 9.97 Å². The van der Waals surface area contributed by atoms with Gasteiger partial charge in [-0.1, -0.05) is 178 Å². The van der Waals surface area contributed by atoms with Crippen LogP contribution < -0.4 is 4.74 Å². The third-order valence-corrected chi connectivity index (χ3v) is 11.8. The predicted octanol–water partition coefficient (Wildman–Crippen LogP) is 13.4. The Morgan fingerprint density at radius 3 is 1.39 bits per heavy atom. The van der Waals surface area contributed by atoms with Crippen molar-refractivity contribution in [3.8, 4) is 79.3 Å². The second kappa shape index (κ2) is 15.2. The zero-order valence-corrected chi connectivity index (χ0v) is 34.5. The van der Waals surface area contributed by atoms with E-state index in [4.69, 9.17) is 29.7 Å². The lowest BCUT2D eigenvalue weighted by Crippen LogP contribution is -2.26. The largest absolute Gasteiger partial charge is 0.455 e. The van der Waals surface area contributed by atoms with Crippen molar-refractivity contribution in [2.75, 3.05) is 0 Å². The molecule has 294 valence electrons. The molecule has 0 atom stereocenters. The summed E-state index contributed by atoms with van der Waals surface area (Å²) >= 11 is 0. The van der Waals surface area contributed by atoms with Gasteiger partial charge in [-0.05, 0) is 38.1 Å². The van der Waals surface area contributed by atoms with Crippen molar-refractivity contribution in [2.24, 2.45) is 0 Å². The summed E-state index contributed by atoms with van der Waals surface area (Å²) in [5, 5.41) is 0. The summed E-state index contributed by atoms with van der Waals surface area (Å²) in [4.78, 5) is 26.0. The van der Waals surface area contributed by atoms with E-state index in [2.05, 4.69) is 131 Å². The van der Waals surface area contributed by atoms with E-state index in [0.717, 1.165) is 84.3 Å². The number of nitrogens with zero attached hydrogens (tertiary/aromatic N) is 5. The number of rotatable bonds is 8. The van der Waals surface area contributed by atoms with Crippen LogP contribution in [0.4, 0.5) is 0 Å². The van der Waals surface area contributed by atoms with Gasteiger partial charge in [0.1, 0.15) is 11.5 Å². The summed E-state index contributed by atoms with van der Waals surface area (Å²) in [6, 6.07) is 64.1. The van der Waals surface area contributed by atoms with E-state index in [-0.39, 0.29) is 0 Å². The lowest BCUT2D eigenvalue weighted by Gasteiger charge is -2.37. The monoisotopic (exact) mass is 789 g/mol. The highest BCUT2D eigenvalue weighted by atomic mass is 16.5. The van der Waals surface area contributed by atoms with Gasteiger partial charge >= 0.3 is 0 Å². The Morgan fingerprint density at radius 1 is 0.377 bits per heavy atom. The Morgan fingerprint density at radius 2 is 0.836 bits per heavy atom. The topological polar surface area (TPSA) is 73.7 Å². The van der Waals surface area contributed by atoms with Gasteiger partial charge in [0.2, 0.25) is 0 Å². The van der Waals surface area contributed by atoms with Crippen LogP contribution in [-0.4, -0.2) is 24.9 Å². The van der Waals surface area contributed by atoms with Crippen LogP contribution in [0.15, 0.2) is 188 Å². The molecule has 6 aromatic carbocycles. The number of hydrogen-bond acceptors (Lipinski definition) is 6. The van der Waals surface area contributed by atoms with E-state index in [0.29, 0.717) is 17.5 Å². The number of benzene rings is 6.